The standard InChI is InChI=1S/C10H20FN3.2ClH/c1-8(12)14-7-5-9(11)4-6-10(2,3)13;;/h5H,4,6-7,13H2,1-3H3,(H2,12,14);2*1H/b9-5-;;. The first-order valence-corrected chi connectivity index (χ1v) is 4.71. The molecule has 0 heterocycles. The highest BCUT2D eigenvalue weighted by molar-refractivity contribution is 5.85. The number of nitrogens with zero attached hydrogens (tertiary/aromatic N) is 1. The zero-order valence-corrected chi connectivity index (χ0v) is 11.6. The molecule has 0 saturated carbocycles. The molecule has 3 nitrogen and oxygen atoms in total. The van der Waals surface area contributed by atoms with E-state index in [0.29, 0.717) is 25.2 Å². The summed E-state index contributed by atoms with van der Waals surface area (Å²) in [5.74, 6) is 0.293. The van der Waals surface area contributed by atoms with Crippen molar-refractivity contribution in [1.82, 2.24) is 0 Å². The lowest BCUT2D eigenvalue weighted by atomic mass is 10.00. The lowest BCUT2D eigenvalue weighted by molar-refractivity contribution is 0.445. The minimum Gasteiger partial charge on any atom is -0.388 e. The monoisotopic (exact) mass is 273 g/mol. The van der Waals surface area contributed by atoms with Crippen molar-refractivity contribution in [3.05, 3.63) is 11.9 Å². The molecule has 0 saturated heterocycles. The van der Waals surface area contributed by atoms with Gasteiger partial charge in [0.15, 0.2) is 0 Å². The zero-order valence-electron chi connectivity index (χ0n) is 10.00. The van der Waals surface area contributed by atoms with Gasteiger partial charge in [-0.2, -0.15) is 0 Å². The molecular weight excluding hydrogens is 252 g/mol. The predicted octanol–water partition coefficient (Wildman–Crippen LogP) is 2.58. The summed E-state index contributed by atoms with van der Waals surface area (Å²) in [4.78, 5) is 3.86. The molecule has 0 rings (SSSR count). The molecule has 0 atom stereocenters. The van der Waals surface area contributed by atoms with Gasteiger partial charge in [0, 0.05) is 12.0 Å². The van der Waals surface area contributed by atoms with Gasteiger partial charge < -0.3 is 11.5 Å². The third kappa shape index (κ3) is 16.1. The number of aliphatic imine (C=N–C) groups is 1. The van der Waals surface area contributed by atoms with Crippen molar-refractivity contribution in [3.63, 3.8) is 0 Å². The van der Waals surface area contributed by atoms with Gasteiger partial charge >= 0.3 is 0 Å². The van der Waals surface area contributed by atoms with Crippen molar-refractivity contribution in [2.24, 2.45) is 16.5 Å². The van der Waals surface area contributed by atoms with Gasteiger partial charge in [0.25, 0.3) is 0 Å². The minimum absolute atomic E-state index is 0. The Morgan fingerprint density at radius 2 is 1.88 bits per heavy atom. The topological polar surface area (TPSA) is 64.4 Å². The van der Waals surface area contributed by atoms with Crippen molar-refractivity contribution in [2.75, 3.05) is 6.54 Å². The highest BCUT2D eigenvalue weighted by Gasteiger charge is 2.10. The van der Waals surface area contributed by atoms with Gasteiger partial charge in [0.2, 0.25) is 0 Å². The molecule has 0 aliphatic carbocycles. The summed E-state index contributed by atoms with van der Waals surface area (Å²) in [5, 5.41) is 0. The zero-order chi connectivity index (χ0) is 11.2. The Morgan fingerprint density at radius 3 is 2.25 bits per heavy atom. The first kappa shape index (κ1) is 21.0. The fourth-order valence-electron chi connectivity index (χ4n) is 0.832. The molecule has 0 fully saturated rings. The van der Waals surface area contributed by atoms with E-state index in [1.54, 1.807) is 6.92 Å². The molecule has 6 heteroatoms. The van der Waals surface area contributed by atoms with Gasteiger partial charge in [0.05, 0.1) is 18.2 Å². The maximum atomic E-state index is 13.1. The number of hydrogen-bond acceptors (Lipinski definition) is 2. The van der Waals surface area contributed by atoms with Crippen LogP contribution < -0.4 is 11.5 Å². The van der Waals surface area contributed by atoms with Crippen LogP contribution >= 0.6 is 24.8 Å². The second-order valence-corrected chi connectivity index (χ2v) is 4.12. The third-order valence-electron chi connectivity index (χ3n) is 1.66. The summed E-state index contributed by atoms with van der Waals surface area (Å²) in [7, 11) is 0. The molecule has 16 heavy (non-hydrogen) atoms. The molecule has 0 aromatic heterocycles. The summed E-state index contributed by atoms with van der Waals surface area (Å²) in [6, 6.07) is 0. The lowest BCUT2D eigenvalue weighted by Gasteiger charge is -2.16. The highest BCUT2D eigenvalue weighted by Crippen LogP contribution is 2.13. The lowest BCUT2D eigenvalue weighted by Crippen LogP contribution is -2.31. The molecule has 0 aliphatic heterocycles. The summed E-state index contributed by atoms with van der Waals surface area (Å²) in [6.07, 6.45) is 2.42. The van der Waals surface area contributed by atoms with Crippen LogP contribution in [0.3, 0.4) is 0 Å². The largest absolute Gasteiger partial charge is 0.388 e. The minimum atomic E-state index is -0.321. The van der Waals surface area contributed by atoms with E-state index in [9.17, 15) is 4.39 Å². The van der Waals surface area contributed by atoms with Gasteiger partial charge in [-0.1, -0.05) is 0 Å². The molecule has 0 amide bonds. The van der Waals surface area contributed by atoms with Crippen molar-refractivity contribution in [1.29, 1.82) is 0 Å². The van der Waals surface area contributed by atoms with Crippen LogP contribution in [0, 0.1) is 0 Å². The number of rotatable bonds is 5. The third-order valence-corrected chi connectivity index (χ3v) is 1.66. The van der Waals surface area contributed by atoms with Gasteiger partial charge in [-0.15, -0.1) is 24.8 Å². The van der Waals surface area contributed by atoms with Crippen LogP contribution in [0.1, 0.15) is 33.6 Å². The quantitative estimate of drug-likeness (QED) is 0.597. The summed E-state index contributed by atoms with van der Waals surface area (Å²) < 4.78 is 13.1. The molecule has 0 aromatic rings. The van der Waals surface area contributed by atoms with Gasteiger partial charge in [-0.25, -0.2) is 4.39 Å². The van der Waals surface area contributed by atoms with E-state index >= 15 is 0 Å². The van der Waals surface area contributed by atoms with E-state index in [1.807, 2.05) is 13.8 Å². The molecule has 0 bridgehead atoms. The van der Waals surface area contributed by atoms with Gasteiger partial charge in [0.1, 0.15) is 0 Å². The predicted molar refractivity (Wildman–Crippen MR) is 73.4 cm³/mol. The number of halogens is 3. The molecule has 0 aliphatic rings. The molecule has 4 N–H and O–H groups in total. The number of allylic oxidation sites excluding steroid dienone is 1. The van der Waals surface area contributed by atoms with Crippen molar-refractivity contribution >= 4 is 30.6 Å². The van der Waals surface area contributed by atoms with Crippen LogP contribution in [0.25, 0.3) is 0 Å². The Hall–Kier alpha value is -0.320. The van der Waals surface area contributed by atoms with Crippen molar-refractivity contribution in [2.45, 2.75) is 39.2 Å². The van der Waals surface area contributed by atoms with E-state index in [0.717, 1.165) is 0 Å². The number of nitrogens with two attached hydrogens (primary N) is 2. The second kappa shape index (κ2) is 9.87. The van der Waals surface area contributed by atoms with E-state index in [4.69, 9.17) is 11.5 Å². The average molecular weight is 274 g/mol. The van der Waals surface area contributed by atoms with E-state index in [2.05, 4.69) is 4.99 Å². The second-order valence-electron chi connectivity index (χ2n) is 4.12. The molecule has 0 aromatic carbocycles. The SMILES string of the molecule is CC(N)=NC/C=C(\F)CCC(C)(C)N.Cl.Cl. The van der Waals surface area contributed by atoms with E-state index in [1.165, 1.54) is 6.08 Å². The Labute approximate surface area is 109 Å². The van der Waals surface area contributed by atoms with Crippen LogP contribution in [-0.2, 0) is 0 Å². The molecule has 0 radical (unpaired) electrons. The van der Waals surface area contributed by atoms with Gasteiger partial charge in [-0.05, 0) is 33.3 Å². The van der Waals surface area contributed by atoms with Crippen LogP contribution in [0.5, 0.6) is 0 Å². The highest BCUT2D eigenvalue weighted by atomic mass is 35.5. The summed E-state index contributed by atoms with van der Waals surface area (Å²) in [6.45, 7) is 5.73. The first-order valence-electron chi connectivity index (χ1n) is 4.71. The van der Waals surface area contributed by atoms with Crippen LogP contribution in [0.2, 0.25) is 0 Å². The molecule has 98 valence electrons. The molecule has 0 unspecified atom stereocenters. The smallest absolute Gasteiger partial charge is 0.0978 e. The fraction of sp³-hybridized carbons (Fsp3) is 0.700. The van der Waals surface area contributed by atoms with E-state index < -0.39 is 0 Å². The summed E-state index contributed by atoms with van der Waals surface area (Å²) >= 11 is 0. The normalized spacial score (nSPS) is 12.8. The van der Waals surface area contributed by atoms with Gasteiger partial charge in [-0.3, -0.25) is 4.99 Å². The Morgan fingerprint density at radius 1 is 1.38 bits per heavy atom. The maximum absolute atomic E-state index is 13.1. The average Bonchev–Trinajstić information content (AvgIpc) is 1.99. The Balaban J connectivity index is -0.000000845. The van der Waals surface area contributed by atoms with Crippen molar-refractivity contribution in [3.8, 4) is 0 Å². The van der Waals surface area contributed by atoms with Crippen LogP contribution in [-0.4, -0.2) is 17.9 Å². The van der Waals surface area contributed by atoms with Crippen LogP contribution in [0.15, 0.2) is 16.9 Å². The molecule has 0 spiro atoms. The first-order chi connectivity index (χ1) is 6.31. The molecular formula is C10H22Cl2FN3. The van der Waals surface area contributed by atoms with Crippen LogP contribution in [0.4, 0.5) is 4.39 Å². The fourth-order valence-corrected chi connectivity index (χ4v) is 0.832. The van der Waals surface area contributed by atoms with E-state index in [-0.39, 0.29) is 36.2 Å². The van der Waals surface area contributed by atoms with Crippen molar-refractivity contribution < 1.29 is 4.39 Å². The number of amidine groups is 1. The Kier molecular flexibility index (Phi) is 13.0. The number of hydrogen-bond donors (Lipinski definition) is 2. The Bertz CT molecular complexity index is 231. The summed E-state index contributed by atoms with van der Waals surface area (Å²) in [5.41, 5.74) is 10.7. The maximum Gasteiger partial charge on any atom is 0.0978 e.